The Balaban J connectivity index is 1.92. The van der Waals surface area contributed by atoms with Crippen LogP contribution < -0.4 is 4.74 Å². The first kappa shape index (κ1) is 12.8. The molecule has 0 aliphatic heterocycles. The van der Waals surface area contributed by atoms with Crippen LogP contribution in [0.1, 0.15) is 0 Å². The van der Waals surface area contributed by atoms with Crippen molar-refractivity contribution in [2.75, 3.05) is 0 Å². The first-order valence-electron chi connectivity index (χ1n) is 5.56. The summed E-state index contributed by atoms with van der Waals surface area (Å²) in [6.45, 7) is 0. The van der Waals surface area contributed by atoms with Crippen LogP contribution >= 0.6 is 23.2 Å². The van der Waals surface area contributed by atoms with Gasteiger partial charge in [-0.1, -0.05) is 11.6 Å². The molecule has 0 N–H and O–H groups in total. The Labute approximate surface area is 124 Å². The van der Waals surface area contributed by atoms with E-state index >= 15 is 0 Å². The number of hydrogen-bond acceptors (Lipinski definition) is 5. The lowest BCUT2D eigenvalue weighted by atomic mass is 10.3. The largest absolute Gasteiger partial charge is 0.424 e. The van der Waals surface area contributed by atoms with Gasteiger partial charge in [0.05, 0.1) is 0 Å². The maximum absolute atomic E-state index is 5.85. The average molecular weight is 308 g/mol. The zero-order valence-corrected chi connectivity index (χ0v) is 11.5. The molecule has 0 aliphatic rings. The van der Waals surface area contributed by atoms with Crippen LogP contribution in [-0.2, 0) is 0 Å². The first-order valence-corrected chi connectivity index (χ1v) is 6.31. The van der Waals surface area contributed by atoms with E-state index in [-0.39, 0.29) is 17.2 Å². The molecule has 20 heavy (non-hydrogen) atoms. The Morgan fingerprint density at radius 3 is 2.50 bits per heavy atom. The van der Waals surface area contributed by atoms with Gasteiger partial charge in [0.15, 0.2) is 0 Å². The molecule has 3 rings (SSSR count). The molecule has 0 atom stereocenters. The molecule has 2 heterocycles. The van der Waals surface area contributed by atoms with Crippen LogP contribution in [0.3, 0.4) is 0 Å². The van der Waals surface area contributed by atoms with E-state index in [4.69, 9.17) is 27.9 Å². The van der Waals surface area contributed by atoms with Gasteiger partial charge in [0.1, 0.15) is 5.75 Å². The third-order valence-electron chi connectivity index (χ3n) is 2.31. The van der Waals surface area contributed by atoms with Crippen molar-refractivity contribution >= 4 is 23.2 Å². The summed E-state index contributed by atoms with van der Waals surface area (Å²) in [7, 11) is 0. The van der Waals surface area contributed by atoms with Crippen LogP contribution in [0.2, 0.25) is 10.3 Å². The first-order chi connectivity index (χ1) is 9.70. The van der Waals surface area contributed by atoms with Gasteiger partial charge in [0.25, 0.3) is 5.95 Å². The molecule has 0 saturated carbocycles. The van der Waals surface area contributed by atoms with Gasteiger partial charge in [-0.3, -0.25) is 0 Å². The topological polar surface area (TPSA) is 65.7 Å². The van der Waals surface area contributed by atoms with Crippen molar-refractivity contribution < 1.29 is 4.74 Å². The van der Waals surface area contributed by atoms with Gasteiger partial charge in [-0.25, -0.2) is 4.68 Å². The average Bonchev–Trinajstić information content (AvgIpc) is 2.95. The molecule has 100 valence electrons. The lowest BCUT2D eigenvalue weighted by molar-refractivity contribution is 0.437. The summed E-state index contributed by atoms with van der Waals surface area (Å²) in [6, 6.07) is 8.64. The molecule has 0 spiro atoms. The van der Waals surface area contributed by atoms with Crippen LogP contribution in [0, 0.1) is 0 Å². The van der Waals surface area contributed by atoms with E-state index in [9.17, 15) is 0 Å². The van der Waals surface area contributed by atoms with E-state index in [2.05, 4.69) is 20.1 Å². The predicted octanol–water partition coefficient (Wildman–Crippen LogP) is 3.16. The monoisotopic (exact) mass is 307 g/mol. The highest BCUT2D eigenvalue weighted by molar-refractivity contribution is 6.30. The highest BCUT2D eigenvalue weighted by Gasteiger charge is 2.09. The molecule has 6 nitrogen and oxygen atoms in total. The van der Waals surface area contributed by atoms with Gasteiger partial charge in [-0.2, -0.15) is 20.1 Å². The predicted molar refractivity (Wildman–Crippen MR) is 73.5 cm³/mol. The number of nitrogens with zero attached hydrogens (tertiary/aromatic N) is 5. The summed E-state index contributed by atoms with van der Waals surface area (Å²) in [6.07, 6.45) is 3.30. The van der Waals surface area contributed by atoms with E-state index in [1.54, 1.807) is 42.7 Å². The third-order valence-corrected chi connectivity index (χ3v) is 2.73. The van der Waals surface area contributed by atoms with Gasteiger partial charge in [0.2, 0.25) is 5.28 Å². The van der Waals surface area contributed by atoms with Crippen LogP contribution in [0.5, 0.6) is 11.8 Å². The minimum Gasteiger partial charge on any atom is -0.424 e. The number of aromatic nitrogens is 5. The highest BCUT2D eigenvalue weighted by Crippen LogP contribution is 2.21. The zero-order valence-electron chi connectivity index (χ0n) is 9.94. The molecule has 8 heteroatoms. The van der Waals surface area contributed by atoms with Crippen molar-refractivity contribution in [1.82, 2.24) is 24.7 Å². The van der Waals surface area contributed by atoms with Crippen molar-refractivity contribution in [1.29, 1.82) is 0 Å². The molecule has 0 radical (unpaired) electrons. The fourth-order valence-electron chi connectivity index (χ4n) is 1.47. The summed E-state index contributed by atoms with van der Waals surface area (Å²) in [5, 5.41) is 4.66. The molecule has 0 saturated heterocycles. The van der Waals surface area contributed by atoms with E-state index in [0.29, 0.717) is 10.8 Å². The number of rotatable bonds is 3. The van der Waals surface area contributed by atoms with Gasteiger partial charge in [0, 0.05) is 17.4 Å². The molecule has 0 bridgehead atoms. The summed E-state index contributed by atoms with van der Waals surface area (Å²) in [4.78, 5) is 12.0. The lowest BCUT2D eigenvalue weighted by Gasteiger charge is -2.05. The number of halogens is 2. The highest BCUT2D eigenvalue weighted by atomic mass is 35.5. The molecular formula is C12H7Cl2N5O. The second kappa shape index (κ2) is 5.44. The fourth-order valence-corrected chi connectivity index (χ4v) is 1.74. The summed E-state index contributed by atoms with van der Waals surface area (Å²) >= 11 is 11.7. The normalized spacial score (nSPS) is 10.5. The van der Waals surface area contributed by atoms with E-state index in [1.807, 2.05) is 0 Å². The van der Waals surface area contributed by atoms with Gasteiger partial charge in [-0.05, 0) is 41.9 Å². The number of hydrogen-bond donors (Lipinski definition) is 0. The Bertz CT molecular complexity index is 715. The van der Waals surface area contributed by atoms with Gasteiger partial charge < -0.3 is 4.74 Å². The van der Waals surface area contributed by atoms with Gasteiger partial charge >= 0.3 is 6.01 Å². The molecule has 0 fully saturated rings. The van der Waals surface area contributed by atoms with Gasteiger partial charge in [-0.15, -0.1) is 0 Å². The molecule has 2 aromatic heterocycles. The second-order valence-corrected chi connectivity index (χ2v) is 4.47. The maximum Gasteiger partial charge on any atom is 0.328 e. The summed E-state index contributed by atoms with van der Waals surface area (Å²) in [5.74, 6) is 0.821. The van der Waals surface area contributed by atoms with Crippen molar-refractivity contribution in [2.45, 2.75) is 0 Å². The number of benzene rings is 1. The molecule has 3 aromatic rings. The van der Waals surface area contributed by atoms with Crippen molar-refractivity contribution in [3.05, 3.63) is 53.0 Å². The lowest BCUT2D eigenvalue weighted by Crippen LogP contribution is -2.05. The van der Waals surface area contributed by atoms with Crippen LogP contribution in [0.25, 0.3) is 5.95 Å². The standard InChI is InChI=1S/C12H7Cl2N5O/c13-8-2-4-9(5-3-8)20-12-17-10(14)16-11(18-12)19-7-1-6-15-19/h1-7H. The van der Waals surface area contributed by atoms with Crippen LogP contribution in [0.4, 0.5) is 0 Å². The van der Waals surface area contributed by atoms with Crippen LogP contribution in [0.15, 0.2) is 42.7 Å². The maximum atomic E-state index is 5.85. The molecular weight excluding hydrogens is 301 g/mol. The quantitative estimate of drug-likeness (QED) is 0.743. The summed E-state index contributed by atoms with van der Waals surface area (Å²) in [5.41, 5.74) is 0. The molecule has 1 aromatic carbocycles. The van der Waals surface area contributed by atoms with E-state index in [0.717, 1.165) is 0 Å². The minimum absolute atomic E-state index is 0.0227. The zero-order chi connectivity index (χ0) is 13.9. The Hall–Kier alpha value is -2.18. The Morgan fingerprint density at radius 2 is 1.80 bits per heavy atom. The Morgan fingerprint density at radius 1 is 1.00 bits per heavy atom. The molecule has 0 aliphatic carbocycles. The van der Waals surface area contributed by atoms with Crippen molar-refractivity contribution in [3.8, 4) is 17.7 Å². The molecule has 0 amide bonds. The number of ether oxygens (including phenoxy) is 1. The fraction of sp³-hybridized carbons (Fsp3) is 0. The van der Waals surface area contributed by atoms with Crippen molar-refractivity contribution in [3.63, 3.8) is 0 Å². The van der Waals surface area contributed by atoms with E-state index in [1.165, 1.54) is 4.68 Å². The summed E-state index contributed by atoms with van der Waals surface area (Å²) < 4.78 is 6.97. The second-order valence-electron chi connectivity index (χ2n) is 3.69. The van der Waals surface area contributed by atoms with Crippen LogP contribution in [-0.4, -0.2) is 24.7 Å². The van der Waals surface area contributed by atoms with E-state index < -0.39 is 0 Å². The molecule has 0 unspecified atom stereocenters. The SMILES string of the molecule is Clc1ccc(Oc2nc(Cl)nc(-n3cccn3)n2)cc1. The minimum atomic E-state index is 0.0227. The van der Waals surface area contributed by atoms with Crippen molar-refractivity contribution in [2.24, 2.45) is 0 Å². The Kier molecular flexibility index (Phi) is 3.49. The third kappa shape index (κ3) is 2.87. The smallest absolute Gasteiger partial charge is 0.328 e.